The number of ketones is 2. The second-order valence-corrected chi connectivity index (χ2v) is 24.1. The maximum Gasteiger partial charge on any atom is 0.407 e. The van der Waals surface area contributed by atoms with Crippen LogP contribution >= 0.6 is 0 Å². The lowest BCUT2D eigenvalue weighted by molar-refractivity contribution is -0.265. The standard InChI is InChI=1S/C62H97N7O14/c1-38-17-13-12-14-18-39(2)50(77-8)33-46-22-20-43(6)62(76,83-46)57(72)58(73)69-24-16-15-19-48(69)59(74)81-52(34-51(78-9)40(3)30-42(5)55(71)56(80-11)54(70)41(4)29-38)47(63)31-44-21-23-49(53(32-44)79-10)82-61(75)66-37-45-35-64-60(65-36-45)68-27-25-67(7)26-28-68/h12-14,17-18,30,35-36,38,40-41,43-44,46-53,55-56,71,76H,15-16,19-29,31-34,37,63H2,1-11H3,(H,66,75)/b14-12+,17-13+,39-18+,42-30+/t38-,40-,41?,43-,44+,46+,47-,48+,49-,50+,51-,52+,53-,55-,56+,62-/m1/s1. The molecule has 16 atom stereocenters. The zero-order chi connectivity index (χ0) is 60.5. The largest absolute Gasteiger partial charge is 0.459 e. The summed E-state index contributed by atoms with van der Waals surface area (Å²) in [4.78, 5) is 85.5. The van der Waals surface area contributed by atoms with E-state index in [0.29, 0.717) is 75.7 Å². The number of hydrogen-bond donors (Lipinski definition) is 4. The number of allylic oxidation sites excluding steroid dienone is 5. The first kappa shape index (κ1) is 67.2. The number of carbonyl (C=O) groups excluding carboxylic acids is 5. The van der Waals surface area contributed by atoms with Gasteiger partial charge in [-0.25, -0.2) is 19.6 Å². The quantitative estimate of drug-likeness (QED) is 0.116. The molecule has 0 aromatic carbocycles. The minimum Gasteiger partial charge on any atom is -0.459 e. The number of aliphatic hydroxyl groups is 2. The molecule has 2 amide bonds. The molecule has 2 bridgehead atoms. The highest BCUT2D eigenvalue weighted by Crippen LogP contribution is 2.38. The maximum absolute atomic E-state index is 14.8. The van der Waals surface area contributed by atoms with Crippen molar-refractivity contribution in [2.24, 2.45) is 35.3 Å². The molecule has 21 heteroatoms. The topological polar surface area (TPSA) is 264 Å². The highest BCUT2D eigenvalue weighted by Gasteiger charge is 2.53. The van der Waals surface area contributed by atoms with Gasteiger partial charge in [-0.3, -0.25) is 14.4 Å². The van der Waals surface area contributed by atoms with E-state index in [4.69, 9.17) is 38.9 Å². The number of carbonyl (C=O) groups is 5. The summed E-state index contributed by atoms with van der Waals surface area (Å²) in [6.45, 7) is 14.9. The van der Waals surface area contributed by atoms with Crippen molar-refractivity contribution in [3.05, 3.63) is 65.6 Å². The summed E-state index contributed by atoms with van der Waals surface area (Å²) in [6, 6.07) is -1.95. The number of fused-ring (bicyclic) bond motifs is 3. The number of esters is 1. The number of methoxy groups -OCH3 is 4. The molecule has 1 saturated carbocycles. The summed E-state index contributed by atoms with van der Waals surface area (Å²) >= 11 is 0. The SMILES string of the molecule is CO[C@H]1C[C@@H]2CC[C@@H](C)[C@@](O)(O2)C(=O)C(=O)N2CCCC[C@H]2C(=O)O[C@H]([C@H](N)C[C@@H]2CC[C@@H](OC(=O)NCc3cnc(N4CCN(C)CC4)nc3)[C@H](OC)C2)C[C@@H](OC)[C@H](C)/C=C(\C)[C@@H](O)[C@@H](OC)C(=O)C(C)C[C@H](C)/C=C/C=C/C=C/1C. The summed E-state index contributed by atoms with van der Waals surface area (Å²) in [5.74, 6) is -6.59. The Morgan fingerprint density at radius 2 is 1.53 bits per heavy atom. The molecule has 83 heavy (non-hydrogen) atoms. The number of aliphatic hydroxyl groups excluding tert-OH is 1. The van der Waals surface area contributed by atoms with E-state index in [-0.39, 0.29) is 43.6 Å². The Labute approximate surface area is 492 Å². The molecule has 0 spiro atoms. The van der Waals surface area contributed by atoms with Crippen LogP contribution < -0.4 is 16.0 Å². The van der Waals surface area contributed by atoms with Gasteiger partial charge >= 0.3 is 12.1 Å². The average molecular weight is 1160 g/mol. The first-order valence-corrected chi connectivity index (χ1v) is 30.0. The summed E-state index contributed by atoms with van der Waals surface area (Å²) in [7, 11) is 8.18. The number of aromatic nitrogens is 2. The summed E-state index contributed by atoms with van der Waals surface area (Å²) in [5, 5.41) is 26.6. The molecular weight excluding hydrogens is 1070 g/mol. The van der Waals surface area contributed by atoms with Crippen LogP contribution in [0.2, 0.25) is 0 Å². The lowest BCUT2D eigenvalue weighted by Gasteiger charge is -2.43. The Morgan fingerprint density at radius 3 is 2.20 bits per heavy atom. The summed E-state index contributed by atoms with van der Waals surface area (Å²) in [5.41, 5.74) is 9.26. The molecule has 4 fully saturated rings. The van der Waals surface area contributed by atoms with Crippen LogP contribution in [0.25, 0.3) is 0 Å². The molecule has 21 nitrogen and oxygen atoms in total. The van der Waals surface area contributed by atoms with Crippen LogP contribution in [0.5, 0.6) is 0 Å². The van der Waals surface area contributed by atoms with E-state index in [0.717, 1.165) is 37.3 Å². The molecule has 1 unspecified atom stereocenters. The van der Waals surface area contributed by atoms with Crippen molar-refractivity contribution in [2.75, 3.05) is 73.1 Å². The Bertz CT molecular complexity index is 2410. The highest BCUT2D eigenvalue weighted by molar-refractivity contribution is 6.39. The van der Waals surface area contributed by atoms with Crippen molar-refractivity contribution in [3.8, 4) is 0 Å². The van der Waals surface area contributed by atoms with Crippen LogP contribution in [0.3, 0.4) is 0 Å². The van der Waals surface area contributed by atoms with Crippen LogP contribution in [0, 0.1) is 29.6 Å². The minimum atomic E-state index is -2.46. The third-order valence-electron chi connectivity index (χ3n) is 17.8. The number of piperidine rings is 1. The number of nitrogens with one attached hydrogen (secondary N) is 1. The number of rotatable bonds is 11. The second kappa shape index (κ2) is 32.0. The molecule has 1 aromatic rings. The summed E-state index contributed by atoms with van der Waals surface area (Å²) < 4.78 is 42.2. The van der Waals surface area contributed by atoms with Crippen molar-refractivity contribution in [2.45, 2.75) is 192 Å². The van der Waals surface area contributed by atoms with Gasteiger partial charge in [0.15, 0.2) is 5.78 Å². The van der Waals surface area contributed by atoms with Crippen LogP contribution in [-0.4, -0.2) is 194 Å². The summed E-state index contributed by atoms with van der Waals surface area (Å²) in [6.07, 6.45) is 13.2. The van der Waals surface area contributed by atoms with Gasteiger partial charge in [-0.05, 0) is 108 Å². The van der Waals surface area contributed by atoms with Gasteiger partial charge in [0, 0.05) is 122 Å². The number of cyclic esters (lactones) is 1. The molecule has 5 heterocycles. The van der Waals surface area contributed by atoms with Gasteiger partial charge in [0.05, 0.1) is 24.4 Å². The fraction of sp³-hybridized carbons (Fsp3) is 0.726. The maximum atomic E-state index is 14.8. The predicted molar refractivity (Wildman–Crippen MR) is 313 cm³/mol. The van der Waals surface area contributed by atoms with Gasteiger partial charge in [-0.2, -0.15) is 0 Å². The van der Waals surface area contributed by atoms with E-state index in [1.165, 1.54) is 19.1 Å². The molecule has 5 N–H and O–H groups in total. The lowest BCUT2D eigenvalue weighted by Crippen LogP contribution is -2.61. The van der Waals surface area contributed by atoms with Crippen LogP contribution in [-0.2, 0) is 58.9 Å². The van der Waals surface area contributed by atoms with Crippen molar-refractivity contribution in [3.63, 3.8) is 0 Å². The number of anilines is 1. The fourth-order valence-corrected chi connectivity index (χ4v) is 12.4. The van der Waals surface area contributed by atoms with Crippen molar-refractivity contribution in [1.82, 2.24) is 25.1 Å². The molecule has 3 saturated heterocycles. The number of hydrogen-bond acceptors (Lipinski definition) is 19. The monoisotopic (exact) mass is 1160 g/mol. The van der Waals surface area contributed by atoms with Gasteiger partial charge in [-0.1, -0.05) is 64.2 Å². The van der Waals surface area contributed by atoms with E-state index in [1.807, 2.05) is 64.2 Å². The van der Waals surface area contributed by atoms with E-state index < -0.39 is 108 Å². The first-order chi connectivity index (χ1) is 39.6. The van der Waals surface area contributed by atoms with E-state index in [2.05, 4.69) is 32.1 Å². The molecule has 0 radical (unpaired) electrons. The number of nitrogens with zero attached hydrogens (tertiary/aromatic N) is 5. The van der Waals surface area contributed by atoms with Gasteiger partial charge < -0.3 is 69.1 Å². The highest BCUT2D eigenvalue weighted by atomic mass is 16.6. The predicted octanol–water partition coefficient (Wildman–Crippen LogP) is 5.79. The number of likely N-dealkylation sites (N-methyl/N-ethyl adjacent to an activating group) is 1. The van der Waals surface area contributed by atoms with Crippen molar-refractivity contribution >= 4 is 35.5 Å². The van der Waals surface area contributed by atoms with Gasteiger partial charge in [-0.15, -0.1) is 0 Å². The zero-order valence-corrected chi connectivity index (χ0v) is 51.1. The number of piperazine rings is 1. The Hall–Kier alpha value is -4.97. The van der Waals surface area contributed by atoms with Crippen molar-refractivity contribution < 1.29 is 67.3 Å². The number of Topliss-reactive ketones (excluding diaryl/α,β-unsaturated/α-hetero) is 2. The first-order valence-electron chi connectivity index (χ1n) is 30.0. The normalized spacial score (nSPS) is 36.3. The number of ether oxygens (including phenoxy) is 7. The molecule has 464 valence electrons. The van der Waals surface area contributed by atoms with Crippen LogP contribution in [0.4, 0.5) is 10.7 Å². The third kappa shape index (κ3) is 18.3. The molecular formula is C62H97N7O14. The Balaban J connectivity index is 1.22. The Morgan fingerprint density at radius 1 is 0.819 bits per heavy atom. The molecule has 1 aromatic heterocycles. The smallest absolute Gasteiger partial charge is 0.407 e. The fourth-order valence-electron chi connectivity index (χ4n) is 12.4. The number of nitrogens with two attached hydrogens (primary N) is 1. The minimum absolute atomic E-state index is 0.0150. The molecule has 4 aliphatic heterocycles. The van der Waals surface area contributed by atoms with E-state index in [9.17, 15) is 34.2 Å². The van der Waals surface area contributed by atoms with Gasteiger partial charge in [0.1, 0.15) is 30.5 Å². The number of amides is 2. The molecule has 5 aliphatic rings. The lowest BCUT2D eigenvalue weighted by atomic mass is 9.80. The average Bonchev–Trinajstić information content (AvgIpc) is 3.67. The number of alkyl carbamates (subject to hydrolysis) is 1. The Kier molecular flexibility index (Phi) is 25.9. The van der Waals surface area contributed by atoms with E-state index in [1.54, 1.807) is 40.5 Å². The van der Waals surface area contributed by atoms with Gasteiger partial charge in [0.25, 0.3) is 11.7 Å². The van der Waals surface area contributed by atoms with Crippen molar-refractivity contribution in [1.29, 1.82) is 0 Å². The third-order valence-corrected chi connectivity index (χ3v) is 17.8. The second-order valence-electron chi connectivity index (χ2n) is 24.1. The van der Waals surface area contributed by atoms with Crippen LogP contribution in [0.1, 0.15) is 124 Å². The molecule has 6 rings (SSSR count). The molecule has 1 aliphatic carbocycles. The zero-order valence-electron chi connectivity index (χ0n) is 51.1. The van der Waals surface area contributed by atoms with E-state index >= 15 is 0 Å². The van der Waals surface area contributed by atoms with Gasteiger partial charge in [0.2, 0.25) is 11.7 Å². The van der Waals surface area contributed by atoms with Crippen LogP contribution in [0.15, 0.2) is 60.0 Å².